The number of carbonyl (C=O) groups excluding carboxylic acids is 1. The Balaban J connectivity index is 1.65. The van der Waals surface area contributed by atoms with Gasteiger partial charge in [0.1, 0.15) is 6.04 Å². The Morgan fingerprint density at radius 2 is 2.07 bits per heavy atom. The lowest BCUT2D eigenvalue weighted by molar-refractivity contribution is -0.141. The lowest BCUT2D eigenvalue weighted by Crippen LogP contribution is -2.57. The first-order valence-corrected chi connectivity index (χ1v) is 9.70. The summed E-state index contributed by atoms with van der Waals surface area (Å²) in [5.41, 5.74) is 3.35. The van der Waals surface area contributed by atoms with Crippen molar-refractivity contribution in [2.75, 3.05) is 19.7 Å². The van der Waals surface area contributed by atoms with Gasteiger partial charge in [-0.2, -0.15) is 5.10 Å². The normalized spacial score (nSPS) is 24.9. The highest BCUT2D eigenvalue weighted by Crippen LogP contribution is 2.32. The summed E-state index contributed by atoms with van der Waals surface area (Å²) in [7, 11) is 0. The molecule has 0 spiro atoms. The van der Waals surface area contributed by atoms with Gasteiger partial charge in [0.15, 0.2) is 0 Å². The minimum Gasteiger partial charge on any atom is -0.375 e. The standard InChI is InChI=1S/C21H28N4O2/c1-15-19(22-9-10-27-15)20(26)24-13-16-12-23-25(17-7-5-4-6-8-17)18(16)11-21(2,3)14-24/h4-8,12,15,19,22H,9-11,13-14H2,1-3H3/t15-,19+/m1/s1. The van der Waals surface area contributed by atoms with Gasteiger partial charge in [-0.3, -0.25) is 4.79 Å². The number of benzene rings is 1. The van der Waals surface area contributed by atoms with Crippen LogP contribution in [-0.2, 0) is 22.5 Å². The molecule has 0 aliphatic carbocycles. The average molecular weight is 368 g/mol. The predicted octanol–water partition coefficient (Wildman–Crippen LogP) is 2.16. The molecule has 1 amide bonds. The van der Waals surface area contributed by atoms with Gasteiger partial charge in [-0.15, -0.1) is 0 Å². The minimum absolute atomic E-state index is 0.0355. The van der Waals surface area contributed by atoms with E-state index in [4.69, 9.17) is 4.74 Å². The van der Waals surface area contributed by atoms with Crippen molar-refractivity contribution in [3.63, 3.8) is 0 Å². The Kier molecular flexibility index (Phi) is 4.78. The van der Waals surface area contributed by atoms with E-state index in [0.29, 0.717) is 13.2 Å². The number of hydrogen-bond donors (Lipinski definition) is 1. The third kappa shape index (κ3) is 3.64. The molecule has 144 valence electrons. The number of nitrogens with zero attached hydrogens (tertiary/aromatic N) is 3. The molecule has 27 heavy (non-hydrogen) atoms. The fourth-order valence-corrected chi connectivity index (χ4v) is 4.17. The molecule has 1 fully saturated rings. The molecule has 4 rings (SSSR count). The van der Waals surface area contributed by atoms with E-state index in [1.807, 2.05) is 40.9 Å². The molecule has 0 saturated carbocycles. The van der Waals surface area contributed by atoms with Crippen molar-refractivity contribution < 1.29 is 9.53 Å². The number of morpholine rings is 1. The average Bonchev–Trinajstić information content (AvgIpc) is 2.96. The Morgan fingerprint density at radius 3 is 2.81 bits per heavy atom. The minimum atomic E-state index is -0.278. The van der Waals surface area contributed by atoms with E-state index < -0.39 is 0 Å². The zero-order chi connectivity index (χ0) is 19.0. The van der Waals surface area contributed by atoms with Crippen LogP contribution in [0, 0.1) is 5.41 Å². The van der Waals surface area contributed by atoms with E-state index in [2.05, 4.69) is 36.4 Å². The lowest BCUT2D eigenvalue weighted by atomic mass is 9.87. The largest absolute Gasteiger partial charge is 0.375 e. The topological polar surface area (TPSA) is 59.4 Å². The van der Waals surface area contributed by atoms with Crippen LogP contribution in [0.15, 0.2) is 36.5 Å². The molecule has 6 nitrogen and oxygen atoms in total. The van der Waals surface area contributed by atoms with Gasteiger partial charge in [0.2, 0.25) is 5.91 Å². The second-order valence-corrected chi connectivity index (χ2v) is 8.41. The highest BCUT2D eigenvalue weighted by Gasteiger charge is 2.37. The smallest absolute Gasteiger partial charge is 0.242 e. The van der Waals surface area contributed by atoms with Crippen LogP contribution in [-0.4, -0.2) is 52.4 Å². The number of aromatic nitrogens is 2. The van der Waals surface area contributed by atoms with Gasteiger partial charge in [0.05, 0.1) is 24.6 Å². The van der Waals surface area contributed by atoms with Gasteiger partial charge >= 0.3 is 0 Å². The first-order valence-electron chi connectivity index (χ1n) is 9.70. The summed E-state index contributed by atoms with van der Waals surface area (Å²) in [4.78, 5) is 15.2. The summed E-state index contributed by atoms with van der Waals surface area (Å²) in [6.45, 7) is 9.10. The zero-order valence-corrected chi connectivity index (χ0v) is 16.3. The number of carbonyl (C=O) groups is 1. The second kappa shape index (κ2) is 7.09. The summed E-state index contributed by atoms with van der Waals surface area (Å²) in [6, 6.07) is 9.92. The number of para-hydroxylation sites is 1. The van der Waals surface area contributed by atoms with Crippen LogP contribution >= 0.6 is 0 Å². The fraction of sp³-hybridized carbons (Fsp3) is 0.524. The van der Waals surface area contributed by atoms with Gasteiger partial charge in [0, 0.05) is 30.9 Å². The summed E-state index contributed by atoms with van der Waals surface area (Å²) in [6.07, 6.45) is 2.69. The van der Waals surface area contributed by atoms with Crippen LogP contribution in [0.1, 0.15) is 32.0 Å². The van der Waals surface area contributed by atoms with Crippen LogP contribution in [0.25, 0.3) is 5.69 Å². The molecule has 1 aromatic heterocycles. The van der Waals surface area contributed by atoms with Crippen molar-refractivity contribution in [2.24, 2.45) is 5.41 Å². The quantitative estimate of drug-likeness (QED) is 0.883. The van der Waals surface area contributed by atoms with E-state index in [1.54, 1.807) is 0 Å². The maximum Gasteiger partial charge on any atom is 0.242 e. The maximum atomic E-state index is 13.2. The number of fused-ring (bicyclic) bond motifs is 1. The lowest BCUT2D eigenvalue weighted by Gasteiger charge is -2.36. The Hall–Kier alpha value is -2.18. The molecule has 0 unspecified atom stereocenters. The van der Waals surface area contributed by atoms with Crippen LogP contribution in [0.5, 0.6) is 0 Å². The van der Waals surface area contributed by atoms with Crippen LogP contribution in [0.4, 0.5) is 0 Å². The zero-order valence-electron chi connectivity index (χ0n) is 16.3. The Bertz CT molecular complexity index is 815. The fourth-order valence-electron chi connectivity index (χ4n) is 4.17. The SMILES string of the molecule is C[C@H]1OCCN[C@@H]1C(=O)N1Cc2cnn(-c3ccccc3)c2CC(C)(C)C1. The molecule has 2 atom stereocenters. The predicted molar refractivity (Wildman–Crippen MR) is 104 cm³/mol. The number of hydrogen-bond acceptors (Lipinski definition) is 4. The van der Waals surface area contributed by atoms with Crippen molar-refractivity contribution >= 4 is 5.91 Å². The first kappa shape index (κ1) is 18.2. The number of nitrogens with one attached hydrogen (secondary N) is 1. The number of ether oxygens (including phenoxy) is 1. The molecule has 2 aromatic rings. The van der Waals surface area contributed by atoms with Crippen molar-refractivity contribution in [2.45, 2.75) is 45.9 Å². The molecule has 0 bridgehead atoms. The maximum absolute atomic E-state index is 13.2. The van der Waals surface area contributed by atoms with Crippen LogP contribution < -0.4 is 5.32 Å². The van der Waals surface area contributed by atoms with Gasteiger partial charge in [-0.05, 0) is 30.9 Å². The molecule has 2 aliphatic rings. The van der Waals surface area contributed by atoms with E-state index in [9.17, 15) is 4.79 Å². The summed E-state index contributed by atoms with van der Waals surface area (Å²) >= 11 is 0. The van der Waals surface area contributed by atoms with Crippen LogP contribution in [0.2, 0.25) is 0 Å². The molecular formula is C21H28N4O2. The molecule has 6 heteroatoms. The van der Waals surface area contributed by atoms with Crippen molar-refractivity contribution in [1.82, 2.24) is 20.0 Å². The van der Waals surface area contributed by atoms with E-state index in [0.717, 1.165) is 30.8 Å². The molecule has 0 radical (unpaired) electrons. The highest BCUT2D eigenvalue weighted by molar-refractivity contribution is 5.82. The Labute approximate surface area is 160 Å². The first-order chi connectivity index (χ1) is 12.9. The third-order valence-corrected chi connectivity index (χ3v) is 5.48. The van der Waals surface area contributed by atoms with E-state index in [1.165, 1.54) is 5.69 Å². The van der Waals surface area contributed by atoms with E-state index >= 15 is 0 Å². The number of amides is 1. The molecular weight excluding hydrogens is 340 g/mol. The molecule has 2 aliphatic heterocycles. The monoisotopic (exact) mass is 368 g/mol. The van der Waals surface area contributed by atoms with Gasteiger partial charge in [-0.1, -0.05) is 32.0 Å². The Morgan fingerprint density at radius 1 is 1.30 bits per heavy atom. The number of rotatable bonds is 2. The molecule has 1 aromatic carbocycles. The summed E-state index contributed by atoms with van der Waals surface area (Å²) in [5, 5.41) is 7.97. The van der Waals surface area contributed by atoms with Crippen LogP contribution in [0.3, 0.4) is 0 Å². The van der Waals surface area contributed by atoms with Gasteiger partial charge in [0.25, 0.3) is 0 Å². The molecule has 3 heterocycles. The van der Waals surface area contributed by atoms with E-state index in [-0.39, 0.29) is 23.5 Å². The van der Waals surface area contributed by atoms with Crippen molar-refractivity contribution in [3.05, 3.63) is 47.8 Å². The molecule has 1 N–H and O–H groups in total. The van der Waals surface area contributed by atoms with Gasteiger partial charge < -0.3 is 15.0 Å². The van der Waals surface area contributed by atoms with Crippen molar-refractivity contribution in [3.8, 4) is 5.69 Å². The summed E-state index contributed by atoms with van der Waals surface area (Å²) < 4.78 is 7.71. The second-order valence-electron chi connectivity index (χ2n) is 8.41. The highest BCUT2D eigenvalue weighted by atomic mass is 16.5. The van der Waals surface area contributed by atoms with Crippen molar-refractivity contribution in [1.29, 1.82) is 0 Å². The van der Waals surface area contributed by atoms with Gasteiger partial charge in [-0.25, -0.2) is 4.68 Å². The molecule has 1 saturated heterocycles. The summed E-state index contributed by atoms with van der Waals surface area (Å²) in [5.74, 6) is 0.121. The third-order valence-electron chi connectivity index (χ3n) is 5.48.